The first-order valence-corrected chi connectivity index (χ1v) is 5.84. The second-order valence-corrected chi connectivity index (χ2v) is 4.61. The van der Waals surface area contributed by atoms with Gasteiger partial charge < -0.3 is 10.8 Å². The molecule has 17 heavy (non-hydrogen) atoms. The Morgan fingerprint density at radius 3 is 2.82 bits per heavy atom. The van der Waals surface area contributed by atoms with E-state index in [0.29, 0.717) is 16.8 Å². The fourth-order valence-corrected chi connectivity index (χ4v) is 2.41. The highest BCUT2D eigenvalue weighted by Gasteiger charge is 2.14. The summed E-state index contributed by atoms with van der Waals surface area (Å²) in [5.41, 5.74) is 5.00. The van der Waals surface area contributed by atoms with Crippen LogP contribution in [-0.4, -0.2) is 25.8 Å². The van der Waals surface area contributed by atoms with Crippen molar-refractivity contribution >= 4 is 26.8 Å². The summed E-state index contributed by atoms with van der Waals surface area (Å²) in [5, 5.41) is 9.00. The van der Waals surface area contributed by atoms with Crippen molar-refractivity contribution in [2.75, 3.05) is 12.3 Å². The number of hydrogen-bond donors (Lipinski definition) is 2. The van der Waals surface area contributed by atoms with Gasteiger partial charge in [-0.25, -0.2) is 9.78 Å². The Hall–Kier alpha value is -1.67. The maximum atomic E-state index is 12.0. The quantitative estimate of drug-likeness (QED) is 0.742. The molecule has 0 radical (unpaired) electrons. The van der Waals surface area contributed by atoms with E-state index < -0.39 is 11.2 Å². The molecule has 2 aromatic rings. The van der Waals surface area contributed by atoms with Gasteiger partial charge in [-0.1, -0.05) is 11.3 Å². The lowest BCUT2D eigenvalue weighted by molar-refractivity contribution is 0.277. The number of aryl methyl sites for hydroxylation is 1. The van der Waals surface area contributed by atoms with E-state index in [-0.39, 0.29) is 18.3 Å². The number of thiazole rings is 1. The van der Waals surface area contributed by atoms with E-state index in [1.807, 2.05) is 0 Å². The van der Waals surface area contributed by atoms with E-state index in [4.69, 9.17) is 10.8 Å². The van der Waals surface area contributed by atoms with Gasteiger partial charge in [0.2, 0.25) is 0 Å². The van der Waals surface area contributed by atoms with Gasteiger partial charge in [-0.15, -0.1) is 0 Å². The second kappa shape index (κ2) is 4.30. The number of anilines is 1. The average Bonchev–Trinajstić information content (AvgIpc) is 2.69. The molecular weight excluding hydrogens is 244 g/mol. The van der Waals surface area contributed by atoms with Crippen LogP contribution < -0.4 is 17.0 Å². The molecule has 0 fully saturated rings. The number of nitrogens with two attached hydrogens (primary N) is 1. The van der Waals surface area contributed by atoms with Crippen molar-refractivity contribution in [3.8, 4) is 0 Å². The predicted molar refractivity (Wildman–Crippen MR) is 65.2 cm³/mol. The number of nitrogens with zero attached hydrogens (tertiary/aromatic N) is 3. The van der Waals surface area contributed by atoms with Gasteiger partial charge in [-0.05, 0) is 6.42 Å². The Bertz CT molecular complexity index is 669. The molecule has 2 heterocycles. The molecule has 0 amide bonds. The lowest BCUT2D eigenvalue weighted by Crippen LogP contribution is -2.38. The summed E-state index contributed by atoms with van der Waals surface area (Å²) in [5.74, 6) is 0. The first kappa shape index (κ1) is 11.8. The number of hydrogen-bond acceptors (Lipinski definition) is 6. The minimum atomic E-state index is -0.443. The highest BCUT2D eigenvalue weighted by atomic mass is 32.1. The molecule has 0 saturated heterocycles. The van der Waals surface area contributed by atoms with E-state index in [0.717, 1.165) is 15.9 Å². The number of aliphatic hydroxyl groups excluding tert-OH is 1. The number of rotatable bonds is 3. The first-order chi connectivity index (χ1) is 8.06. The zero-order valence-electron chi connectivity index (χ0n) is 9.21. The van der Waals surface area contributed by atoms with Gasteiger partial charge in [0.05, 0.1) is 0 Å². The molecule has 2 rings (SSSR count). The van der Waals surface area contributed by atoms with Crippen LogP contribution in [0.4, 0.5) is 5.13 Å². The summed E-state index contributed by atoms with van der Waals surface area (Å²) in [6.07, 6.45) is 0.356. The molecule has 0 aliphatic heterocycles. The fraction of sp³-hybridized carbons (Fsp3) is 0.444. The molecule has 0 bridgehead atoms. The maximum Gasteiger partial charge on any atom is 0.332 e. The molecule has 0 aromatic carbocycles. The predicted octanol–water partition coefficient (Wildman–Crippen LogP) is -0.879. The van der Waals surface area contributed by atoms with Gasteiger partial charge in [0.25, 0.3) is 5.56 Å². The topological polar surface area (TPSA) is 103 Å². The Morgan fingerprint density at radius 1 is 1.47 bits per heavy atom. The minimum absolute atomic E-state index is 0.0710. The molecule has 0 spiro atoms. The molecule has 92 valence electrons. The van der Waals surface area contributed by atoms with Gasteiger partial charge in [-0.3, -0.25) is 13.9 Å². The summed E-state index contributed by atoms with van der Waals surface area (Å²) in [7, 11) is 1.54. The van der Waals surface area contributed by atoms with Crippen LogP contribution in [0.3, 0.4) is 0 Å². The second-order valence-electron chi connectivity index (χ2n) is 3.58. The van der Waals surface area contributed by atoms with Crippen molar-refractivity contribution in [3.63, 3.8) is 0 Å². The number of aromatic nitrogens is 3. The van der Waals surface area contributed by atoms with Gasteiger partial charge >= 0.3 is 5.69 Å². The zero-order valence-corrected chi connectivity index (χ0v) is 10.0. The van der Waals surface area contributed by atoms with E-state index in [2.05, 4.69) is 4.98 Å². The van der Waals surface area contributed by atoms with E-state index in [1.54, 1.807) is 7.05 Å². The third-order valence-electron chi connectivity index (χ3n) is 2.44. The SMILES string of the molecule is Cn1c(=O)n(CCCO)c(=O)c2sc(N)nc21. The maximum absolute atomic E-state index is 12.0. The molecule has 8 heteroatoms. The summed E-state index contributed by atoms with van der Waals surface area (Å²) in [4.78, 5) is 27.8. The molecular formula is C9H12N4O3S. The lowest BCUT2D eigenvalue weighted by Gasteiger charge is -2.06. The first-order valence-electron chi connectivity index (χ1n) is 5.03. The summed E-state index contributed by atoms with van der Waals surface area (Å²) in [6.45, 7) is 0.119. The zero-order chi connectivity index (χ0) is 12.6. The van der Waals surface area contributed by atoms with Crippen LogP contribution in [0.5, 0.6) is 0 Å². The minimum Gasteiger partial charge on any atom is -0.396 e. The molecule has 2 aromatic heterocycles. The molecule has 7 nitrogen and oxygen atoms in total. The van der Waals surface area contributed by atoms with Crippen molar-refractivity contribution in [3.05, 3.63) is 20.8 Å². The highest BCUT2D eigenvalue weighted by molar-refractivity contribution is 7.21. The number of aliphatic hydroxyl groups is 1. The van der Waals surface area contributed by atoms with Crippen molar-refractivity contribution in [1.29, 1.82) is 0 Å². The number of fused-ring (bicyclic) bond motifs is 1. The normalized spacial score (nSPS) is 11.2. The van der Waals surface area contributed by atoms with Gasteiger partial charge in [0.1, 0.15) is 4.70 Å². The molecule has 0 unspecified atom stereocenters. The highest BCUT2D eigenvalue weighted by Crippen LogP contribution is 2.18. The molecule has 0 aliphatic carbocycles. The van der Waals surface area contributed by atoms with Crippen molar-refractivity contribution < 1.29 is 5.11 Å². The summed E-state index contributed by atoms with van der Waals surface area (Å²) < 4.78 is 2.75. The Balaban J connectivity index is 2.77. The average molecular weight is 256 g/mol. The fourth-order valence-electron chi connectivity index (χ4n) is 1.60. The van der Waals surface area contributed by atoms with Crippen molar-refractivity contribution in [1.82, 2.24) is 14.1 Å². The monoisotopic (exact) mass is 256 g/mol. The Kier molecular flexibility index (Phi) is 2.99. The van der Waals surface area contributed by atoms with E-state index in [1.165, 1.54) is 4.57 Å². The van der Waals surface area contributed by atoms with Crippen molar-refractivity contribution in [2.45, 2.75) is 13.0 Å². The number of nitrogen functional groups attached to an aromatic ring is 1. The molecule has 0 aliphatic rings. The third-order valence-corrected chi connectivity index (χ3v) is 3.30. The molecule has 0 saturated carbocycles. The molecule has 0 atom stereocenters. The van der Waals surface area contributed by atoms with Gasteiger partial charge in [-0.2, -0.15) is 0 Å². The van der Waals surface area contributed by atoms with Crippen LogP contribution in [0, 0.1) is 0 Å². The van der Waals surface area contributed by atoms with Crippen LogP contribution in [-0.2, 0) is 13.6 Å². The smallest absolute Gasteiger partial charge is 0.332 e. The van der Waals surface area contributed by atoms with Crippen molar-refractivity contribution in [2.24, 2.45) is 7.05 Å². The largest absolute Gasteiger partial charge is 0.396 e. The summed E-state index contributed by atoms with van der Waals surface area (Å²) >= 11 is 1.06. The van der Waals surface area contributed by atoms with Crippen LogP contribution in [0.25, 0.3) is 10.3 Å². The Labute approximate surface area is 99.7 Å². The van der Waals surface area contributed by atoms with E-state index >= 15 is 0 Å². The van der Waals surface area contributed by atoms with Gasteiger partial charge in [0, 0.05) is 20.2 Å². The van der Waals surface area contributed by atoms with Gasteiger partial charge in [0.15, 0.2) is 10.8 Å². The standard InChI is InChI=1S/C9H12N4O3S/c1-12-6-5(17-8(10)11-6)7(15)13(9(12)16)3-2-4-14/h14H,2-4H2,1H3,(H2,10,11). The molecule has 3 N–H and O–H groups in total. The third kappa shape index (κ3) is 1.85. The van der Waals surface area contributed by atoms with Crippen LogP contribution >= 0.6 is 11.3 Å². The Morgan fingerprint density at radius 2 is 2.18 bits per heavy atom. The van der Waals surface area contributed by atoms with Crippen LogP contribution in [0.15, 0.2) is 9.59 Å². The van der Waals surface area contributed by atoms with E-state index in [9.17, 15) is 9.59 Å². The van der Waals surface area contributed by atoms with Crippen LogP contribution in [0.2, 0.25) is 0 Å². The lowest BCUT2D eigenvalue weighted by atomic mass is 10.4. The summed E-state index contributed by atoms with van der Waals surface area (Å²) in [6, 6.07) is 0. The van der Waals surface area contributed by atoms with Crippen LogP contribution in [0.1, 0.15) is 6.42 Å².